The maximum Gasteiger partial charge on any atom is 0.209 e. The van der Waals surface area contributed by atoms with Crippen LogP contribution in [0.25, 0.3) is 0 Å². The van der Waals surface area contributed by atoms with Gasteiger partial charge in [0.2, 0.25) is 11.6 Å². The van der Waals surface area contributed by atoms with Gasteiger partial charge in [-0.2, -0.15) is 0 Å². The second-order valence-electron chi connectivity index (χ2n) is 9.58. The Hall–Kier alpha value is -5.94. The molecule has 0 saturated carbocycles. The molecular weight excluding hydrogens is 534 g/mol. The summed E-state index contributed by atoms with van der Waals surface area (Å²) >= 11 is 0. The summed E-state index contributed by atoms with van der Waals surface area (Å²) in [6, 6.07) is 42.9. The monoisotopic (exact) mass is 561 g/mol. The zero-order valence-electron chi connectivity index (χ0n) is 23.2. The van der Waals surface area contributed by atoms with Gasteiger partial charge >= 0.3 is 0 Å². The van der Waals surface area contributed by atoms with Gasteiger partial charge in [0.25, 0.3) is 0 Å². The van der Waals surface area contributed by atoms with Gasteiger partial charge in [0.1, 0.15) is 0 Å². The molecule has 0 amide bonds. The second-order valence-corrected chi connectivity index (χ2v) is 9.58. The summed E-state index contributed by atoms with van der Waals surface area (Å²) in [6.07, 6.45) is 2.47. The fourth-order valence-corrected chi connectivity index (χ4v) is 4.54. The molecule has 0 aromatic heterocycles. The molecule has 0 heterocycles. The molecule has 0 spiro atoms. The molecule has 5 nitrogen and oxygen atoms in total. The summed E-state index contributed by atoms with van der Waals surface area (Å²) in [4.78, 5) is 57.1. The first kappa shape index (κ1) is 28.6. The molecule has 0 fully saturated rings. The predicted octanol–water partition coefficient (Wildman–Crippen LogP) is 7.79. The maximum absolute atomic E-state index is 14.3. The molecule has 0 aliphatic rings. The lowest BCUT2D eigenvalue weighted by atomic mass is 9.99. The number of hydrogen-bond donors (Lipinski definition) is 0. The van der Waals surface area contributed by atoms with Crippen LogP contribution in [0.4, 0.5) is 5.69 Å². The van der Waals surface area contributed by atoms with Crippen molar-refractivity contribution in [1.82, 2.24) is 0 Å². The minimum atomic E-state index is -0.493. The highest BCUT2D eigenvalue weighted by molar-refractivity contribution is 6.22. The van der Waals surface area contributed by atoms with Gasteiger partial charge in [-0.25, -0.2) is 0 Å². The first-order chi connectivity index (χ1) is 21.0. The number of ketones is 4. The summed E-state index contributed by atoms with van der Waals surface area (Å²) in [5.41, 5.74) is 1.64. The largest absolute Gasteiger partial charge is 0.303 e. The van der Waals surface area contributed by atoms with Crippen molar-refractivity contribution in [3.63, 3.8) is 0 Å². The average molecular weight is 562 g/mol. The van der Waals surface area contributed by atoms with Gasteiger partial charge in [-0.1, -0.05) is 140 Å². The molecule has 208 valence electrons. The lowest BCUT2D eigenvalue weighted by Gasteiger charge is -2.29. The van der Waals surface area contributed by atoms with Crippen molar-refractivity contribution in [2.75, 3.05) is 4.90 Å². The smallest absolute Gasteiger partial charge is 0.209 e. The number of carbonyl (C=O) groups is 4. The van der Waals surface area contributed by atoms with Crippen LogP contribution >= 0.6 is 0 Å². The van der Waals surface area contributed by atoms with Crippen molar-refractivity contribution in [3.05, 3.63) is 197 Å². The molecule has 0 saturated heterocycles. The van der Waals surface area contributed by atoms with Crippen molar-refractivity contribution >= 4 is 28.8 Å². The van der Waals surface area contributed by atoms with Crippen molar-refractivity contribution in [1.29, 1.82) is 0 Å². The van der Waals surface area contributed by atoms with Crippen LogP contribution in [0.1, 0.15) is 41.4 Å². The van der Waals surface area contributed by atoms with Crippen molar-refractivity contribution in [3.8, 4) is 0 Å². The Labute approximate surface area is 250 Å². The minimum Gasteiger partial charge on any atom is -0.303 e. The number of allylic oxidation sites excluding steroid dienone is 4. The highest BCUT2D eigenvalue weighted by Gasteiger charge is 2.30. The zero-order valence-corrected chi connectivity index (χ0v) is 23.2. The van der Waals surface area contributed by atoms with E-state index in [-0.39, 0.29) is 11.4 Å². The topological polar surface area (TPSA) is 71.5 Å². The van der Waals surface area contributed by atoms with E-state index in [9.17, 15) is 19.2 Å². The summed E-state index contributed by atoms with van der Waals surface area (Å²) in [5.74, 6) is -1.84. The van der Waals surface area contributed by atoms with Crippen LogP contribution in [0, 0.1) is 0 Å². The Kier molecular flexibility index (Phi) is 9.05. The number of nitrogens with zero attached hydrogens (tertiary/aromatic N) is 1. The van der Waals surface area contributed by atoms with Crippen LogP contribution in [-0.2, 0) is 0 Å². The molecule has 5 aromatic rings. The van der Waals surface area contributed by atoms with E-state index in [1.165, 1.54) is 17.1 Å². The number of rotatable bonds is 11. The van der Waals surface area contributed by atoms with E-state index in [0.29, 0.717) is 27.9 Å². The van der Waals surface area contributed by atoms with E-state index in [1.54, 1.807) is 152 Å². The fraction of sp³-hybridized carbons (Fsp3) is 0. The molecule has 0 radical (unpaired) electrons. The molecule has 0 N–H and O–H groups in total. The van der Waals surface area contributed by atoms with Gasteiger partial charge in [0, 0.05) is 40.1 Å². The van der Waals surface area contributed by atoms with Crippen LogP contribution in [0.3, 0.4) is 0 Å². The van der Waals surface area contributed by atoms with Crippen LogP contribution < -0.4 is 4.90 Å². The fourth-order valence-electron chi connectivity index (χ4n) is 4.54. The second kappa shape index (κ2) is 13.6. The van der Waals surface area contributed by atoms with E-state index >= 15 is 0 Å². The van der Waals surface area contributed by atoms with Crippen LogP contribution in [0.5, 0.6) is 0 Å². The Morgan fingerprint density at radius 1 is 0.372 bits per heavy atom. The molecule has 5 heteroatoms. The van der Waals surface area contributed by atoms with E-state index in [1.807, 2.05) is 0 Å². The highest BCUT2D eigenvalue weighted by Crippen LogP contribution is 2.30. The van der Waals surface area contributed by atoms with Gasteiger partial charge in [-0.05, 0) is 12.1 Å². The number of Topliss-reactive ketones (excluding diaryl/α,β-unsaturated/α-hetero) is 2. The molecule has 0 atom stereocenters. The van der Waals surface area contributed by atoms with E-state index in [4.69, 9.17) is 0 Å². The lowest BCUT2D eigenvalue weighted by Crippen LogP contribution is -2.32. The quantitative estimate of drug-likeness (QED) is 0.122. The summed E-state index contributed by atoms with van der Waals surface area (Å²) in [7, 11) is 0. The normalized spacial score (nSPS) is 11.4. The third kappa shape index (κ3) is 6.87. The van der Waals surface area contributed by atoms with Crippen LogP contribution in [-0.4, -0.2) is 23.1 Å². The number of anilines is 1. The number of para-hydroxylation sites is 1. The van der Waals surface area contributed by atoms with Gasteiger partial charge in [-0.3, -0.25) is 19.2 Å². The van der Waals surface area contributed by atoms with Crippen molar-refractivity contribution in [2.24, 2.45) is 0 Å². The number of carbonyl (C=O) groups excluding carboxylic acids is 4. The molecule has 0 bridgehead atoms. The Morgan fingerprint density at radius 2 is 0.651 bits per heavy atom. The van der Waals surface area contributed by atoms with Gasteiger partial charge in [-0.15, -0.1) is 0 Å². The first-order valence-corrected chi connectivity index (χ1v) is 13.7. The predicted molar refractivity (Wildman–Crippen MR) is 168 cm³/mol. The average Bonchev–Trinajstić information content (AvgIpc) is 3.08. The maximum atomic E-state index is 14.3. The minimum absolute atomic E-state index is 0.0809. The number of benzene rings is 5. The lowest BCUT2D eigenvalue weighted by molar-refractivity contribution is 0.0994. The third-order valence-corrected chi connectivity index (χ3v) is 6.69. The summed E-state index contributed by atoms with van der Waals surface area (Å²) in [6.45, 7) is 0. The van der Waals surface area contributed by atoms with E-state index in [2.05, 4.69) is 0 Å². The summed E-state index contributed by atoms with van der Waals surface area (Å²) < 4.78 is 0. The molecule has 0 aliphatic heterocycles. The van der Waals surface area contributed by atoms with E-state index in [0.717, 1.165) is 0 Å². The number of hydrogen-bond acceptors (Lipinski definition) is 5. The van der Waals surface area contributed by atoms with Crippen LogP contribution in [0.15, 0.2) is 175 Å². The van der Waals surface area contributed by atoms with Crippen molar-refractivity contribution < 1.29 is 19.2 Å². The van der Waals surface area contributed by atoms with Gasteiger partial charge in [0.05, 0.1) is 11.4 Å². The zero-order chi connectivity index (χ0) is 30.0. The van der Waals surface area contributed by atoms with E-state index < -0.39 is 23.1 Å². The molecule has 5 rings (SSSR count). The Morgan fingerprint density at radius 3 is 0.977 bits per heavy atom. The van der Waals surface area contributed by atoms with Gasteiger partial charge in [0.15, 0.2) is 11.6 Å². The van der Waals surface area contributed by atoms with Crippen LogP contribution in [0.2, 0.25) is 0 Å². The highest BCUT2D eigenvalue weighted by atomic mass is 16.1. The van der Waals surface area contributed by atoms with Crippen molar-refractivity contribution in [2.45, 2.75) is 0 Å². The summed E-state index contributed by atoms with van der Waals surface area (Å²) in [5, 5.41) is 0. The van der Waals surface area contributed by atoms with Gasteiger partial charge < -0.3 is 4.90 Å². The first-order valence-electron chi connectivity index (χ1n) is 13.7. The Bertz CT molecular complexity index is 1680. The third-order valence-electron chi connectivity index (χ3n) is 6.69. The molecule has 5 aromatic carbocycles. The standard InChI is InChI=1S/C38H27NO4/c40-35(28-16-6-1-7-17-28)26-33(37(42)30-20-10-3-11-21-30)39(32-24-14-5-15-25-32)34(38(43)31-22-12-4-13-23-31)27-36(41)29-18-8-2-9-19-29/h1-27H. The molecule has 43 heavy (non-hydrogen) atoms. The molecular formula is C38H27NO4. The SMILES string of the molecule is O=C(C=C(C(=O)c1ccccc1)N(C(=CC(=O)c1ccccc1)C(=O)c1ccccc1)c1ccccc1)c1ccccc1. The molecule has 0 aliphatic carbocycles. The molecule has 0 unspecified atom stereocenters. The Balaban J connectivity index is 1.78.